The molecule has 2 rings (SSSR count). The van der Waals surface area contributed by atoms with Crippen molar-refractivity contribution in [2.45, 2.75) is 51.8 Å². The maximum absolute atomic E-state index is 12.0. The molecule has 1 amide bonds. The van der Waals surface area contributed by atoms with Gasteiger partial charge in [0.25, 0.3) is 5.91 Å². The molecule has 4 nitrogen and oxygen atoms in total. The second-order valence-corrected chi connectivity index (χ2v) is 6.30. The second kappa shape index (κ2) is 7.80. The summed E-state index contributed by atoms with van der Waals surface area (Å²) in [6.45, 7) is 5.62. The number of carbonyl (C=O) groups excluding carboxylic acids is 1. The second-order valence-electron chi connectivity index (χ2n) is 5.45. The van der Waals surface area contributed by atoms with Crippen LogP contribution in [0.3, 0.4) is 0 Å². The van der Waals surface area contributed by atoms with Gasteiger partial charge in [0.15, 0.2) is 6.10 Å². The quantitative estimate of drug-likeness (QED) is 0.705. The predicted octanol–water partition coefficient (Wildman–Crippen LogP) is 2.99. The van der Waals surface area contributed by atoms with Crippen molar-refractivity contribution in [3.63, 3.8) is 0 Å². The summed E-state index contributed by atoms with van der Waals surface area (Å²) in [5.74, 6) is 0.709. The normalized spacial score (nSPS) is 15.6. The van der Waals surface area contributed by atoms with E-state index in [2.05, 4.69) is 33.5 Å². The van der Waals surface area contributed by atoms with Crippen molar-refractivity contribution in [2.75, 3.05) is 6.54 Å². The van der Waals surface area contributed by atoms with E-state index < -0.39 is 6.10 Å². The van der Waals surface area contributed by atoms with Gasteiger partial charge < -0.3 is 15.4 Å². The highest BCUT2D eigenvalue weighted by Crippen LogP contribution is 2.30. The van der Waals surface area contributed by atoms with Gasteiger partial charge in [0.05, 0.1) is 4.47 Å². The molecule has 1 saturated carbocycles. The topological polar surface area (TPSA) is 50.4 Å². The molecule has 0 heterocycles. The number of carbonyl (C=O) groups is 1. The van der Waals surface area contributed by atoms with Crippen LogP contribution < -0.4 is 15.4 Å². The lowest BCUT2D eigenvalue weighted by Crippen LogP contribution is -2.37. The third-order valence-electron chi connectivity index (χ3n) is 3.38. The zero-order valence-corrected chi connectivity index (χ0v) is 14.2. The summed E-state index contributed by atoms with van der Waals surface area (Å²) in [5.41, 5.74) is 1.06. The number of amides is 1. The first-order chi connectivity index (χ1) is 10.1. The fourth-order valence-electron chi connectivity index (χ4n) is 2.00. The molecule has 1 unspecified atom stereocenters. The number of halogens is 1. The minimum Gasteiger partial charge on any atom is -0.479 e. The Kier molecular flexibility index (Phi) is 6.06. The van der Waals surface area contributed by atoms with E-state index in [4.69, 9.17) is 4.74 Å². The first-order valence-electron chi connectivity index (χ1n) is 7.57. The van der Waals surface area contributed by atoms with Gasteiger partial charge in [0.1, 0.15) is 5.75 Å². The maximum Gasteiger partial charge on any atom is 0.260 e. The predicted molar refractivity (Wildman–Crippen MR) is 87.4 cm³/mol. The van der Waals surface area contributed by atoms with E-state index in [1.165, 1.54) is 0 Å². The van der Waals surface area contributed by atoms with Gasteiger partial charge in [-0.25, -0.2) is 0 Å². The van der Waals surface area contributed by atoms with Crippen molar-refractivity contribution in [2.24, 2.45) is 0 Å². The first-order valence-corrected chi connectivity index (χ1v) is 8.36. The fraction of sp³-hybridized carbons (Fsp3) is 0.562. The number of benzene rings is 1. The van der Waals surface area contributed by atoms with E-state index in [1.54, 1.807) is 6.92 Å². The maximum atomic E-state index is 12.0. The molecule has 2 N–H and O–H groups in total. The Morgan fingerprint density at radius 3 is 2.90 bits per heavy atom. The summed E-state index contributed by atoms with van der Waals surface area (Å²) in [6, 6.07) is 6.29. The van der Waals surface area contributed by atoms with E-state index in [-0.39, 0.29) is 5.91 Å². The van der Waals surface area contributed by atoms with E-state index in [1.807, 2.05) is 18.2 Å². The van der Waals surface area contributed by atoms with E-state index in [0.29, 0.717) is 6.04 Å². The molecule has 1 aliphatic rings. The molecular formula is C16H23BrN2O2. The zero-order chi connectivity index (χ0) is 15.2. The number of ether oxygens (including phenoxy) is 1. The van der Waals surface area contributed by atoms with Crippen LogP contribution in [0.15, 0.2) is 22.7 Å². The lowest BCUT2D eigenvalue weighted by Gasteiger charge is -2.18. The zero-order valence-electron chi connectivity index (χ0n) is 12.6. The molecule has 0 aliphatic heterocycles. The van der Waals surface area contributed by atoms with Crippen LogP contribution in [0.25, 0.3) is 0 Å². The van der Waals surface area contributed by atoms with Crippen LogP contribution in [0.2, 0.25) is 0 Å². The minimum absolute atomic E-state index is 0.0410. The summed E-state index contributed by atoms with van der Waals surface area (Å²) in [6.07, 6.45) is 2.76. The van der Waals surface area contributed by atoms with Crippen molar-refractivity contribution in [3.8, 4) is 5.75 Å². The van der Waals surface area contributed by atoms with E-state index in [9.17, 15) is 4.79 Å². The molecule has 5 heteroatoms. The largest absolute Gasteiger partial charge is 0.479 e. The number of hydrogen-bond donors (Lipinski definition) is 2. The summed E-state index contributed by atoms with van der Waals surface area (Å²) >= 11 is 3.51. The van der Waals surface area contributed by atoms with Gasteiger partial charge >= 0.3 is 0 Å². The highest BCUT2D eigenvalue weighted by Gasteiger charge is 2.27. The van der Waals surface area contributed by atoms with Crippen LogP contribution in [-0.4, -0.2) is 24.6 Å². The third kappa shape index (κ3) is 5.00. The smallest absolute Gasteiger partial charge is 0.260 e. The summed E-state index contributed by atoms with van der Waals surface area (Å²) in [4.78, 5) is 12.0. The molecule has 0 saturated heterocycles. The van der Waals surface area contributed by atoms with Gasteiger partial charge in [-0.15, -0.1) is 0 Å². The standard InChI is InChI=1S/C16H23BrN2O2/c1-3-9-18-10-12-5-4-6-14(17)15(12)21-11(2)16(20)19-13-7-8-13/h4-6,11,13,18H,3,7-10H2,1-2H3,(H,19,20). The molecular weight excluding hydrogens is 332 g/mol. The van der Waals surface area contributed by atoms with Crippen LogP contribution in [0.1, 0.15) is 38.7 Å². The summed E-state index contributed by atoms with van der Waals surface area (Å²) < 4.78 is 6.78. The van der Waals surface area contributed by atoms with Gasteiger partial charge in [0, 0.05) is 18.2 Å². The Hall–Kier alpha value is -1.07. The first kappa shape index (κ1) is 16.3. The van der Waals surface area contributed by atoms with Crippen molar-refractivity contribution in [3.05, 3.63) is 28.2 Å². The van der Waals surface area contributed by atoms with Crippen LogP contribution >= 0.6 is 15.9 Å². The molecule has 0 spiro atoms. The molecule has 0 aromatic heterocycles. The summed E-state index contributed by atoms with van der Waals surface area (Å²) in [7, 11) is 0. The average molecular weight is 355 g/mol. The Morgan fingerprint density at radius 1 is 1.48 bits per heavy atom. The average Bonchev–Trinajstić information content (AvgIpc) is 3.26. The van der Waals surface area contributed by atoms with Gasteiger partial charge in [0.2, 0.25) is 0 Å². The lowest BCUT2D eigenvalue weighted by atomic mass is 10.2. The molecule has 1 fully saturated rings. The molecule has 116 valence electrons. The molecule has 1 aromatic rings. The van der Waals surface area contributed by atoms with Crippen LogP contribution in [-0.2, 0) is 11.3 Å². The summed E-state index contributed by atoms with van der Waals surface area (Å²) in [5, 5.41) is 6.33. The van der Waals surface area contributed by atoms with Crippen molar-refractivity contribution < 1.29 is 9.53 Å². The Balaban J connectivity index is 2.00. The van der Waals surface area contributed by atoms with Gasteiger partial charge in [-0.05, 0) is 54.7 Å². The molecule has 1 atom stereocenters. The molecule has 1 aromatic carbocycles. The minimum atomic E-state index is -0.491. The van der Waals surface area contributed by atoms with Gasteiger partial charge in [-0.1, -0.05) is 19.1 Å². The number of nitrogens with one attached hydrogen (secondary N) is 2. The van der Waals surface area contributed by atoms with E-state index >= 15 is 0 Å². The van der Waals surface area contributed by atoms with Crippen molar-refractivity contribution in [1.29, 1.82) is 0 Å². The molecule has 0 bridgehead atoms. The highest BCUT2D eigenvalue weighted by atomic mass is 79.9. The molecule has 0 radical (unpaired) electrons. The Labute approximate surface area is 134 Å². The molecule has 21 heavy (non-hydrogen) atoms. The van der Waals surface area contributed by atoms with E-state index in [0.717, 1.165) is 48.1 Å². The van der Waals surface area contributed by atoms with Gasteiger partial charge in [-0.3, -0.25) is 4.79 Å². The fourth-order valence-corrected chi connectivity index (χ4v) is 2.50. The van der Waals surface area contributed by atoms with Crippen LogP contribution in [0.5, 0.6) is 5.75 Å². The molecule has 1 aliphatic carbocycles. The third-order valence-corrected chi connectivity index (χ3v) is 4.00. The SMILES string of the molecule is CCCNCc1cccc(Br)c1OC(C)C(=O)NC1CC1. The highest BCUT2D eigenvalue weighted by molar-refractivity contribution is 9.10. The van der Waals surface area contributed by atoms with Crippen molar-refractivity contribution in [1.82, 2.24) is 10.6 Å². The number of rotatable bonds is 8. The number of hydrogen-bond acceptors (Lipinski definition) is 3. The number of para-hydroxylation sites is 1. The van der Waals surface area contributed by atoms with Crippen LogP contribution in [0, 0.1) is 0 Å². The van der Waals surface area contributed by atoms with Gasteiger partial charge in [-0.2, -0.15) is 0 Å². The Bertz CT molecular complexity index is 489. The Morgan fingerprint density at radius 2 is 2.24 bits per heavy atom. The van der Waals surface area contributed by atoms with Crippen LogP contribution in [0.4, 0.5) is 0 Å². The monoisotopic (exact) mass is 354 g/mol. The van der Waals surface area contributed by atoms with Crippen molar-refractivity contribution >= 4 is 21.8 Å². The lowest BCUT2D eigenvalue weighted by molar-refractivity contribution is -0.127.